The Kier molecular flexibility index (Phi) is 4.32. The summed E-state index contributed by atoms with van der Waals surface area (Å²) >= 11 is 0. The maximum Gasteiger partial charge on any atom is 0.322 e. The zero-order valence-electron chi connectivity index (χ0n) is 12.7. The molecule has 0 aromatic carbocycles. The number of carbonyl (C=O) groups excluding carboxylic acids is 1. The lowest BCUT2D eigenvalue weighted by Crippen LogP contribution is -2.47. The molecule has 1 aliphatic heterocycles. The number of amides is 2. The van der Waals surface area contributed by atoms with Crippen LogP contribution in [0, 0.1) is 19.8 Å². The van der Waals surface area contributed by atoms with Crippen LogP contribution in [0.2, 0.25) is 0 Å². The second kappa shape index (κ2) is 5.83. The first-order valence-corrected chi connectivity index (χ1v) is 7.22. The number of β-amino-alcohol motifs (C(OH)–C–C–N with tert-alkyl or cyclic N) is 1. The van der Waals surface area contributed by atoms with Crippen molar-refractivity contribution in [2.24, 2.45) is 5.92 Å². The van der Waals surface area contributed by atoms with Crippen molar-refractivity contribution in [2.45, 2.75) is 46.8 Å². The molecule has 1 aliphatic rings. The molecule has 2 heterocycles. The largest absolute Gasteiger partial charge is 0.391 e. The van der Waals surface area contributed by atoms with E-state index in [4.69, 9.17) is 0 Å². The normalized spacial score (nSPS) is 22.9. The van der Waals surface area contributed by atoms with E-state index in [0.717, 1.165) is 30.0 Å². The fourth-order valence-electron chi connectivity index (χ4n) is 2.61. The van der Waals surface area contributed by atoms with Gasteiger partial charge in [-0.15, -0.1) is 0 Å². The highest BCUT2D eigenvalue weighted by molar-refractivity contribution is 5.90. The van der Waals surface area contributed by atoms with Crippen molar-refractivity contribution in [1.82, 2.24) is 14.7 Å². The number of aryl methyl sites for hydroxylation is 2. The van der Waals surface area contributed by atoms with E-state index in [1.807, 2.05) is 32.4 Å². The van der Waals surface area contributed by atoms with Crippen LogP contribution < -0.4 is 5.32 Å². The van der Waals surface area contributed by atoms with E-state index in [1.54, 1.807) is 4.90 Å². The molecule has 1 aromatic rings. The van der Waals surface area contributed by atoms with Crippen molar-refractivity contribution < 1.29 is 9.90 Å². The minimum Gasteiger partial charge on any atom is -0.391 e. The van der Waals surface area contributed by atoms with E-state index in [9.17, 15) is 9.90 Å². The average Bonchev–Trinajstić information content (AvgIpc) is 2.69. The highest BCUT2D eigenvalue weighted by Gasteiger charge is 2.28. The number of nitrogens with one attached hydrogen (secondary N) is 1. The number of aromatic nitrogens is 2. The van der Waals surface area contributed by atoms with Crippen LogP contribution in [0.25, 0.3) is 0 Å². The fourth-order valence-corrected chi connectivity index (χ4v) is 2.61. The Morgan fingerprint density at radius 1 is 1.50 bits per heavy atom. The van der Waals surface area contributed by atoms with Crippen molar-refractivity contribution in [1.29, 1.82) is 0 Å². The minimum atomic E-state index is -0.435. The van der Waals surface area contributed by atoms with Crippen LogP contribution in [-0.4, -0.2) is 45.0 Å². The molecule has 0 saturated carbocycles. The molecule has 2 amide bonds. The Bertz CT molecular complexity index is 498. The summed E-state index contributed by atoms with van der Waals surface area (Å²) < 4.78 is 1.87. The van der Waals surface area contributed by atoms with Gasteiger partial charge in [0.1, 0.15) is 0 Å². The summed E-state index contributed by atoms with van der Waals surface area (Å²) in [6.07, 6.45) is 0.399. The number of aliphatic hydroxyl groups excluding tert-OH is 1. The van der Waals surface area contributed by atoms with Crippen molar-refractivity contribution in [3.8, 4) is 0 Å². The van der Waals surface area contributed by atoms with E-state index in [0.29, 0.717) is 13.1 Å². The zero-order chi connectivity index (χ0) is 14.9. The molecule has 2 rings (SSSR count). The number of nitrogens with zero attached hydrogens (tertiary/aromatic N) is 3. The lowest BCUT2D eigenvalue weighted by Gasteiger charge is -2.34. The van der Waals surface area contributed by atoms with Gasteiger partial charge in [0.2, 0.25) is 0 Å². The van der Waals surface area contributed by atoms with Crippen LogP contribution in [0.15, 0.2) is 0 Å². The maximum absolute atomic E-state index is 12.3. The summed E-state index contributed by atoms with van der Waals surface area (Å²) in [5.41, 5.74) is 2.57. The second-order valence-electron chi connectivity index (χ2n) is 5.57. The number of anilines is 1. The minimum absolute atomic E-state index is 0.155. The summed E-state index contributed by atoms with van der Waals surface area (Å²) in [5, 5.41) is 17.2. The predicted molar refractivity (Wildman–Crippen MR) is 77.8 cm³/mol. The number of carbonyl (C=O) groups is 1. The topological polar surface area (TPSA) is 70.4 Å². The number of hydrogen-bond donors (Lipinski definition) is 2. The average molecular weight is 280 g/mol. The number of piperidine rings is 1. The van der Waals surface area contributed by atoms with Crippen molar-refractivity contribution in [3.63, 3.8) is 0 Å². The van der Waals surface area contributed by atoms with Crippen LogP contribution in [0.4, 0.5) is 10.5 Å². The lowest BCUT2D eigenvalue weighted by atomic mass is 9.96. The van der Waals surface area contributed by atoms with Gasteiger partial charge < -0.3 is 15.3 Å². The van der Waals surface area contributed by atoms with Crippen LogP contribution in [-0.2, 0) is 6.54 Å². The Hall–Kier alpha value is -1.56. The van der Waals surface area contributed by atoms with Gasteiger partial charge in [-0.2, -0.15) is 5.10 Å². The third kappa shape index (κ3) is 2.80. The molecule has 0 bridgehead atoms. The highest BCUT2D eigenvalue weighted by atomic mass is 16.3. The monoisotopic (exact) mass is 280 g/mol. The predicted octanol–water partition coefficient (Wildman–Crippen LogP) is 1.75. The summed E-state index contributed by atoms with van der Waals surface area (Å²) in [4.78, 5) is 14.0. The van der Waals surface area contributed by atoms with Crippen LogP contribution in [0.3, 0.4) is 0 Å². The maximum atomic E-state index is 12.3. The molecule has 1 saturated heterocycles. The molecule has 6 heteroatoms. The van der Waals surface area contributed by atoms with E-state index >= 15 is 0 Å². The fraction of sp³-hybridized carbons (Fsp3) is 0.714. The number of hydrogen-bond acceptors (Lipinski definition) is 3. The molecule has 0 spiro atoms. The number of likely N-dealkylation sites (tertiary alicyclic amines) is 1. The van der Waals surface area contributed by atoms with Gasteiger partial charge in [0.05, 0.1) is 23.2 Å². The van der Waals surface area contributed by atoms with Gasteiger partial charge in [0, 0.05) is 19.6 Å². The summed E-state index contributed by atoms with van der Waals surface area (Å²) in [6.45, 7) is 9.74. The Labute approximate surface area is 119 Å². The van der Waals surface area contributed by atoms with Gasteiger partial charge >= 0.3 is 6.03 Å². The van der Waals surface area contributed by atoms with Gasteiger partial charge in [0.25, 0.3) is 0 Å². The Balaban J connectivity index is 2.07. The van der Waals surface area contributed by atoms with E-state index in [1.165, 1.54) is 0 Å². The Morgan fingerprint density at radius 3 is 2.75 bits per heavy atom. The third-order valence-corrected chi connectivity index (χ3v) is 4.12. The second-order valence-corrected chi connectivity index (χ2v) is 5.57. The summed E-state index contributed by atoms with van der Waals surface area (Å²) in [6, 6.07) is -0.155. The molecule has 112 valence electrons. The van der Waals surface area contributed by atoms with Crippen LogP contribution in [0.5, 0.6) is 0 Å². The molecule has 1 fully saturated rings. The quantitative estimate of drug-likeness (QED) is 0.867. The smallest absolute Gasteiger partial charge is 0.322 e. The number of aliphatic hydroxyl groups is 1. The first-order chi connectivity index (χ1) is 9.43. The lowest BCUT2D eigenvalue weighted by molar-refractivity contribution is 0.0463. The molecular weight excluding hydrogens is 256 g/mol. The molecule has 1 aromatic heterocycles. The number of urea groups is 1. The molecule has 2 N–H and O–H groups in total. The first kappa shape index (κ1) is 14.8. The van der Waals surface area contributed by atoms with Gasteiger partial charge in [-0.1, -0.05) is 6.92 Å². The SMILES string of the molecule is CCn1nc(C)c(NC(=O)N2CCC(C)C(O)C2)c1C. The molecule has 0 aliphatic carbocycles. The van der Waals surface area contributed by atoms with Crippen LogP contribution >= 0.6 is 0 Å². The summed E-state index contributed by atoms with van der Waals surface area (Å²) in [5.74, 6) is 0.255. The molecule has 0 radical (unpaired) electrons. The van der Waals surface area contributed by atoms with Gasteiger partial charge in [-0.3, -0.25) is 4.68 Å². The number of rotatable bonds is 2. The van der Waals surface area contributed by atoms with Gasteiger partial charge in [-0.25, -0.2) is 4.79 Å². The Morgan fingerprint density at radius 2 is 2.20 bits per heavy atom. The van der Waals surface area contributed by atoms with E-state index < -0.39 is 6.10 Å². The molecule has 6 nitrogen and oxygen atoms in total. The molecule has 2 unspecified atom stereocenters. The molecular formula is C14H24N4O2. The van der Waals surface area contributed by atoms with E-state index in [-0.39, 0.29) is 11.9 Å². The standard InChI is InChI=1S/C14H24N4O2/c1-5-18-11(4)13(10(3)16-18)15-14(20)17-7-6-9(2)12(19)8-17/h9,12,19H,5-8H2,1-4H3,(H,15,20). The molecule has 20 heavy (non-hydrogen) atoms. The summed E-state index contributed by atoms with van der Waals surface area (Å²) in [7, 11) is 0. The first-order valence-electron chi connectivity index (χ1n) is 7.22. The van der Waals surface area contributed by atoms with Gasteiger partial charge in [-0.05, 0) is 33.1 Å². The highest BCUT2D eigenvalue weighted by Crippen LogP contribution is 2.22. The van der Waals surface area contributed by atoms with E-state index in [2.05, 4.69) is 10.4 Å². The third-order valence-electron chi connectivity index (χ3n) is 4.12. The van der Waals surface area contributed by atoms with Crippen molar-refractivity contribution >= 4 is 11.7 Å². The van der Waals surface area contributed by atoms with Crippen molar-refractivity contribution in [2.75, 3.05) is 18.4 Å². The zero-order valence-corrected chi connectivity index (χ0v) is 12.7. The van der Waals surface area contributed by atoms with Crippen LogP contribution in [0.1, 0.15) is 31.7 Å². The molecule has 2 atom stereocenters. The van der Waals surface area contributed by atoms with Crippen molar-refractivity contribution in [3.05, 3.63) is 11.4 Å². The van der Waals surface area contributed by atoms with Gasteiger partial charge in [0.15, 0.2) is 0 Å².